The Kier molecular flexibility index (Phi) is 6.95. The molecule has 0 radical (unpaired) electrons. The van der Waals surface area contributed by atoms with E-state index in [1.54, 1.807) is 7.11 Å². The van der Waals surface area contributed by atoms with Crippen molar-refractivity contribution in [1.82, 2.24) is 4.90 Å². The number of likely N-dealkylation sites (tertiary alicyclic amines) is 1. The van der Waals surface area contributed by atoms with Crippen molar-refractivity contribution in [2.24, 2.45) is 5.92 Å². The summed E-state index contributed by atoms with van der Waals surface area (Å²) in [5.41, 5.74) is 1.43. The maximum absolute atomic E-state index is 6.06. The average molecular weight is 348 g/mol. The molecular formula is C20H26ClNO2. The molecule has 2 aromatic rings. The van der Waals surface area contributed by atoms with Crippen LogP contribution in [0.15, 0.2) is 54.6 Å². The van der Waals surface area contributed by atoms with Crippen LogP contribution in [0.2, 0.25) is 0 Å². The van der Waals surface area contributed by atoms with Gasteiger partial charge in [-0.3, -0.25) is 0 Å². The Labute approximate surface area is 151 Å². The van der Waals surface area contributed by atoms with Crippen molar-refractivity contribution in [2.45, 2.75) is 12.3 Å². The lowest BCUT2D eigenvalue weighted by Gasteiger charge is -2.37. The first-order valence-corrected chi connectivity index (χ1v) is 8.26. The molecule has 0 amide bonds. The van der Waals surface area contributed by atoms with Gasteiger partial charge in [-0.15, -0.1) is 12.4 Å². The Hall–Kier alpha value is -1.71. The molecule has 2 atom stereocenters. The number of nitrogens with zero attached hydrogens (tertiary/aromatic N) is 1. The Morgan fingerprint density at radius 2 is 1.67 bits per heavy atom. The highest BCUT2D eigenvalue weighted by Gasteiger charge is 2.29. The Bertz CT molecular complexity index is 603. The molecule has 130 valence electrons. The fourth-order valence-electron chi connectivity index (χ4n) is 3.40. The number of rotatable bonds is 5. The van der Waals surface area contributed by atoms with Gasteiger partial charge in [-0.05, 0) is 55.8 Å². The topological polar surface area (TPSA) is 21.7 Å². The summed E-state index contributed by atoms with van der Waals surface area (Å²) in [4.78, 5) is 2.40. The molecule has 0 spiro atoms. The summed E-state index contributed by atoms with van der Waals surface area (Å²) < 4.78 is 11.3. The first-order chi connectivity index (χ1) is 11.3. The molecule has 0 saturated carbocycles. The molecular weight excluding hydrogens is 322 g/mol. The zero-order chi connectivity index (χ0) is 16.1. The number of benzene rings is 2. The molecule has 1 heterocycles. The second-order valence-corrected chi connectivity index (χ2v) is 6.31. The van der Waals surface area contributed by atoms with E-state index in [0.29, 0.717) is 11.8 Å². The van der Waals surface area contributed by atoms with E-state index in [1.165, 1.54) is 12.0 Å². The van der Waals surface area contributed by atoms with Gasteiger partial charge in [-0.25, -0.2) is 0 Å². The van der Waals surface area contributed by atoms with E-state index in [0.717, 1.165) is 31.2 Å². The first-order valence-electron chi connectivity index (χ1n) is 8.26. The van der Waals surface area contributed by atoms with Gasteiger partial charge in [0.25, 0.3) is 0 Å². The average Bonchev–Trinajstić information content (AvgIpc) is 2.61. The molecule has 2 aromatic carbocycles. The minimum Gasteiger partial charge on any atom is -0.497 e. The van der Waals surface area contributed by atoms with Gasteiger partial charge in [0.1, 0.15) is 11.5 Å². The van der Waals surface area contributed by atoms with E-state index in [4.69, 9.17) is 9.47 Å². The van der Waals surface area contributed by atoms with Gasteiger partial charge in [0.2, 0.25) is 0 Å². The van der Waals surface area contributed by atoms with Crippen LogP contribution < -0.4 is 9.47 Å². The van der Waals surface area contributed by atoms with Crippen molar-refractivity contribution < 1.29 is 9.47 Å². The highest BCUT2D eigenvalue weighted by Crippen LogP contribution is 2.33. The monoisotopic (exact) mass is 347 g/mol. The smallest absolute Gasteiger partial charge is 0.119 e. The normalized spacial score (nSPS) is 20.9. The lowest BCUT2D eigenvalue weighted by atomic mass is 9.81. The van der Waals surface area contributed by atoms with E-state index in [1.807, 2.05) is 24.3 Å². The minimum atomic E-state index is 0. The molecule has 24 heavy (non-hydrogen) atoms. The SMILES string of the molecule is COc1ccc(OC[C@@H]2CN(C)CC[C@H]2c2ccccc2)cc1.Cl. The van der Waals surface area contributed by atoms with E-state index in [9.17, 15) is 0 Å². The maximum Gasteiger partial charge on any atom is 0.119 e. The lowest BCUT2D eigenvalue weighted by molar-refractivity contribution is 0.129. The third kappa shape index (κ3) is 4.65. The van der Waals surface area contributed by atoms with Crippen LogP contribution in [0.5, 0.6) is 11.5 Å². The van der Waals surface area contributed by atoms with Crippen LogP contribution in [-0.2, 0) is 0 Å². The van der Waals surface area contributed by atoms with E-state index in [2.05, 4.69) is 42.3 Å². The predicted octanol–water partition coefficient (Wildman–Crippen LogP) is 4.23. The predicted molar refractivity (Wildman–Crippen MR) is 101 cm³/mol. The molecule has 3 rings (SSSR count). The summed E-state index contributed by atoms with van der Waals surface area (Å²) in [7, 11) is 3.87. The van der Waals surface area contributed by atoms with Gasteiger partial charge < -0.3 is 14.4 Å². The second kappa shape index (κ2) is 8.95. The maximum atomic E-state index is 6.06. The molecule has 1 saturated heterocycles. The number of hydrogen-bond acceptors (Lipinski definition) is 3. The van der Waals surface area contributed by atoms with Crippen LogP contribution in [0, 0.1) is 5.92 Å². The van der Waals surface area contributed by atoms with Gasteiger partial charge in [0.15, 0.2) is 0 Å². The zero-order valence-corrected chi connectivity index (χ0v) is 15.2. The number of hydrogen-bond donors (Lipinski definition) is 0. The molecule has 1 aliphatic heterocycles. The van der Waals surface area contributed by atoms with Crippen LogP contribution >= 0.6 is 12.4 Å². The van der Waals surface area contributed by atoms with E-state index >= 15 is 0 Å². The third-order valence-electron chi connectivity index (χ3n) is 4.69. The van der Waals surface area contributed by atoms with Gasteiger partial charge in [0.05, 0.1) is 13.7 Å². The molecule has 1 aliphatic rings. The quantitative estimate of drug-likeness (QED) is 0.807. The van der Waals surface area contributed by atoms with Crippen molar-refractivity contribution >= 4 is 12.4 Å². The van der Waals surface area contributed by atoms with Crippen molar-refractivity contribution in [3.05, 3.63) is 60.2 Å². The molecule has 0 unspecified atom stereocenters. The number of ether oxygens (including phenoxy) is 2. The van der Waals surface area contributed by atoms with Gasteiger partial charge >= 0.3 is 0 Å². The fourth-order valence-corrected chi connectivity index (χ4v) is 3.40. The minimum absolute atomic E-state index is 0. The van der Waals surface area contributed by atoms with Crippen LogP contribution in [0.25, 0.3) is 0 Å². The van der Waals surface area contributed by atoms with Gasteiger partial charge in [0, 0.05) is 12.5 Å². The van der Waals surface area contributed by atoms with Crippen molar-refractivity contribution in [2.75, 3.05) is 33.9 Å². The van der Waals surface area contributed by atoms with Crippen LogP contribution in [0.3, 0.4) is 0 Å². The number of piperidine rings is 1. The van der Waals surface area contributed by atoms with Crippen LogP contribution in [-0.4, -0.2) is 38.8 Å². The van der Waals surface area contributed by atoms with Crippen LogP contribution in [0.4, 0.5) is 0 Å². The zero-order valence-electron chi connectivity index (χ0n) is 14.4. The Morgan fingerprint density at radius 1 is 1.00 bits per heavy atom. The summed E-state index contributed by atoms with van der Waals surface area (Å²) in [6.45, 7) is 2.98. The molecule has 4 heteroatoms. The van der Waals surface area contributed by atoms with Crippen molar-refractivity contribution in [3.63, 3.8) is 0 Å². The number of halogens is 1. The standard InChI is InChI=1S/C20H25NO2.ClH/c1-21-13-12-20(16-6-4-3-5-7-16)17(14-21)15-23-19-10-8-18(22-2)9-11-19;/h3-11,17,20H,12-15H2,1-2H3;1H/t17-,20-;/m0./s1. The number of methoxy groups -OCH3 is 1. The lowest BCUT2D eigenvalue weighted by Crippen LogP contribution is -2.39. The fraction of sp³-hybridized carbons (Fsp3) is 0.400. The Balaban J connectivity index is 0.00000208. The van der Waals surface area contributed by atoms with E-state index in [-0.39, 0.29) is 12.4 Å². The third-order valence-corrected chi connectivity index (χ3v) is 4.69. The summed E-state index contributed by atoms with van der Waals surface area (Å²) >= 11 is 0. The Morgan fingerprint density at radius 3 is 2.33 bits per heavy atom. The summed E-state index contributed by atoms with van der Waals surface area (Å²) in [5, 5.41) is 0. The van der Waals surface area contributed by atoms with Gasteiger partial charge in [-0.2, -0.15) is 0 Å². The van der Waals surface area contributed by atoms with Crippen molar-refractivity contribution in [1.29, 1.82) is 0 Å². The largest absolute Gasteiger partial charge is 0.497 e. The molecule has 0 bridgehead atoms. The van der Waals surface area contributed by atoms with E-state index < -0.39 is 0 Å². The second-order valence-electron chi connectivity index (χ2n) is 6.31. The molecule has 0 aromatic heterocycles. The molecule has 0 aliphatic carbocycles. The summed E-state index contributed by atoms with van der Waals surface area (Å²) in [5.74, 6) is 2.85. The first kappa shape index (κ1) is 18.6. The van der Waals surface area contributed by atoms with Gasteiger partial charge in [-0.1, -0.05) is 30.3 Å². The highest BCUT2D eigenvalue weighted by atomic mass is 35.5. The van der Waals surface area contributed by atoms with Crippen molar-refractivity contribution in [3.8, 4) is 11.5 Å². The molecule has 0 N–H and O–H groups in total. The van der Waals surface area contributed by atoms with Crippen LogP contribution in [0.1, 0.15) is 17.9 Å². The molecule has 3 nitrogen and oxygen atoms in total. The highest BCUT2D eigenvalue weighted by molar-refractivity contribution is 5.85. The summed E-state index contributed by atoms with van der Waals surface area (Å²) in [6.07, 6.45) is 1.19. The molecule has 1 fully saturated rings. The summed E-state index contributed by atoms with van der Waals surface area (Å²) in [6, 6.07) is 18.7.